The molecule has 1 aliphatic rings. The molecule has 1 aliphatic heterocycles. The number of carbonyl (C=O) groups is 1. The van der Waals surface area contributed by atoms with Gasteiger partial charge in [0.2, 0.25) is 5.91 Å². The standard InChI is InChI=1S/C19H26N4OS/c1-14-7-6-9-16(13-14)18-20-21-19(25)23(18)12-10-17(24)22-11-5-3-4-8-15(22)2/h6-7,9,13,15H,3-5,8,10-12H2,1-2H3,(H,21,25)/t15-/m0/s1. The molecular weight excluding hydrogens is 332 g/mol. The molecule has 1 amide bonds. The summed E-state index contributed by atoms with van der Waals surface area (Å²) in [5, 5.41) is 7.24. The van der Waals surface area contributed by atoms with Crippen LogP contribution in [0.5, 0.6) is 0 Å². The summed E-state index contributed by atoms with van der Waals surface area (Å²) >= 11 is 5.38. The maximum absolute atomic E-state index is 12.7. The first kappa shape index (κ1) is 17.9. The van der Waals surface area contributed by atoms with Crippen molar-refractivity contribution in [2.75, 3.05) is 6.54 Å². The van der Waals surface area contributed by atoms with Gasteiger partial charge in [0, 0.05) is 31.1 Å². The van der Waals surface area contributed by atoms with Crippen molar-refractivity contribution in [2.24, 2.45) is 0 Å². The second-order valence-electron chi connectivity index (χ2n) is 6.91. The fraction of sp³-hybridized carbons (Fsp3) is 0.526. The van der Waals surface area contributed by atoms with E-state index in [9.17, 15) is 4.79 Å². The van der Waals surface area contributed by atoms with Gasteiger partial charge in [-0.2, -0.15) is 5.10 Å². The van der Waals surface area contributed by atoms with Crippen LogP contribution in [0.1, 0.15) is 44.6 Å². The summed E-state index contributed by atoms with van der Waals surface area (Å²) in [5.41, 5.74) is 2.19. The van der Waals surface area contributed by atoms with Crippen molar-refractivity contribution < 1.29 is 4.79 Å². The molecule has 5 nitrogen and oxygen atoms in total. The molecule has 0 radical (unpaired) electrons. The molecule has 2 aromatic rings. The molecule has 2 heterocycles. The molecular formula is C19H26N4OS. The van der Waals surface area contributed by atoms with Crippen LogP contribution in [0.4, 0.5) is 0 Å². The third kappa shape index (κ3) is 4.18. The highest BCUT2D eigenvalue weighted by molar-refractivity contribution is 7.71. The van der Waals surface area contributed by atoms with Crippen molar-refractivity contribution in [1.82, 2.24) is 19.7 Å². The van der Waals surface area contributed by atoms with Gasteiger partial charge in [0.15, 0.2) is 10.6 Å². The Hall–Kier alpha value is -1.95. The Balaban J connectivity index is 1.74. The Morgan fingerprint density at radius 1 is 1.36 bits per heavy atom. The van der Waals surface area contributed by atoms with Crippen LogP contribution in [0.3, 0.4) is 0 Å². The Morgan fingerprint density at radius 3 is 3.00 bits per heavy atom. The molecule has 1 fully saturated rings. The fourth-order valence-corrected chi connectivity index (χ4v) is 3.75. The zero-order valence-corrected chi connectivity index (χ0v) is 15.8. The average Bonchev–Trinajstić information content (AvgIpc) is 2.81. The second kappa shape index (κ2) is 7.95. The normalized spacial score (nSPS) is 18.2. The molecule has 0 unspecified atom stereocenters. The molecule has 1 aromatic carbocycles. The quantitative estimate of drug-likeness (QED) is 0.837. The predicted molar refractivity (Wildman–Crippen MR) is 102 cm³/mol. The van der Waals surface area contributed by atoms with Crippen LogP contribution in [0.15, 0.2) is 24.3 Å². The van der Waals surface area contributed by atoms with Crippen LogP contribution >= 0.6 is 12.2 Å². The molecule has 1 aromatic heterocycles. The third-order valence-electron chi connectivity index (χ3n) is 4.96. The summed E-state index contributed by atoms with van der Waals surface area (Å²) in [7, 11) is 0. The largest absolute Gasteiger partial charge is 0.340 e. The molecule has 0 aliphatic carbocycles. The van der Waals surface area contributed by atoms with Gasteiger partial charge in [0.05, 0.1) is 0 Å². The van der Waals surface area contributed by atoms with Gasteiger partial charge in [-0.05, 0) is 45.0 Å². The molecule has 0 spiro atoms. The number of likely N-dealkylation sites (tertiary alicyclic amines) is 1. The number of nitrogens with zero attached hydrogens (tertiary/aromatic N) is 3. The molecule has 0 bridgehead atoms. The Bertz CT molecular complexity index is 795. The van der Waals surface area contributed by atoms with Gasteiger partial charge in [-0.3, -0.25) is 14.5 Å². The van der Waals surface area contributed by atoms with Crippen LogP contribution in [-0.2, 0) is 11.3 Å². The van der Waals surface area contributed by atoms with Gasteiger partial charge >= 0.3 is 0 Å². The molecule has 0 saturated carbocycles. The number of hydrogen-bond donors (Lipinski definition) is 1. The summed E-state index contributed by atoms with van der Waals surface area (Å²) in [6.45, 7) is 5.65. The topological polar surface area (TPSA) is 53.9 Å². The summed E-state index contributed by atoms with van der Waals surface area (Å²) in [6, 6.07) is 8.51. The van der Waals surface area contributed by atoms with E-state index < -0.39 is 0 Å². The fourth-order valence-electron chi connectivity index (χ4n) is 3.53. The lowest BCUT2D eigenvalue weighted by Crippen LogP contribution is -2.38. The Morgan fingerprint density at radius 2 is 2.20 bits per heavy atom. The van der Waals surface area contributed by atoms with E-state index in [-0.39, 0.29) is 5.91 Å². The van der Waals surface area contributed by atoms with E-state index in [0.717, 1.165) is 30.8 Å². The minimum Gasteiger partial charge on any atom is -0.340 e. The number of aromatic nitrogens is 3. The summed E-state index contributed by atoms with van der Waals surface area (Å²) in [5.74, 6) is 1.01. The zero-order valence-electron chi connectivity index (χ0n) is 15.0. The maximum atomic E-state index is 12.7. The SMILES string of the molecule is Cc1cccc(-c2n[nH]c(=S)n2CCC(=O)N2CCCCC[C@@H]2C)c1. The third-order valence-corrected chi connectivity index (χ3v) is 5.27. The van der Waals surface area contributed by atoms with E-state index in [1.54, 1.807) is 0 Å². The van der Waals surface area contributed by atoms with E-state index >= 15 is 0 Å². The first-order valence-corrected chi connectivity index (χ1v) is 9.49. The lowest BCUT2D eigenvalue weighted by Gasteiger charge is -2.27. The number of rotatable bonds is 4. The smallest absolute Gasteiger partial charge is 0.224 e. The molecule has 6 heteroatoms. The van der Waals surface area contributed by atoms with Gasteiger partial charge < -0.3 is 4.90 Å². The Kier molecular flexibility index (Phi) is 5.68. The second-order valence-corrected chi connectivity index (χ2v) is 7.30. The minimum atomic E-state index is 0.215. The van der Waals surface area contributed by atoms with Crippen molar-refractivity contribution in [3.05, 3.63) is 34.6 Å². The molecule has 1 N–H and O–H groups in total. The monoisotopic (exact) mass is 358 g/mol. The first-order chi connectivity index (χ1) is 12.1. The number of carbonyl (C=O) groups excluding carboxylic acids is 1. The van der Waals surface area contributed by atoms with Gasteiger partial charge in [-0.25, -0.2) is 0 Å². The lowest BCUT2D eigenvalue weighted by molar-refractivity contribution is -0.133. The van der Waals surface area contributed by atoms with Crippen molar-refractivity contribution >= 4 is 18.1 Å². The van der Waals surface area contributed by atoms with Crippen LogP contribution < -0.4 is 0 Å². The number of aromatic amines is 1. The van der Waals surface area contributed by atoms with E-state index in [1.807, 2.05) is 21.6 Å². The van der Waals surface area contributed by atoms with Gasteiger partial charge in [0.25, 0.3) is 0 Å². The van der Waals surface area contributed by atoms with Crippen LogP contribution in [0, 0.1) is 11.7 Å². The van der Waals surface area contributed by atoms with Crippen molar-refractivity contribution in [3.63, 3.8) is 0 Å². The number of hydrogen-bond acceptors (Lipinski definition) is 3. The number of H-pyrrole nitrogens is 1. The van der Waals surface area contributed by atoms with Crippen molar-refractivity contribution in [2.45, 2.75) is 58.5 Å². The molecule has 1 saturated heterocycles. The summed E-state index contributed by atoms with van der Waals surface area (Å²) < 4.78 is 2.50. The number of aryl methyl sites for hydroxylation is 1. The van der Waals surface area contributed by atoms with E-state index in [4.69, 9.17) is 12.2 Å². The van der Waals surface area contributed by atoms with Crippen LogP contribution in [0.2, 0.25) is 0 Å². The highest BCUT2D eigenvalue weighted by Gasteiger charge is 2.22. The predicted octanol–water partition coefficient (Wildman–Crippen LogP) is 4.10. The number of nitrogens with one attached hydrogen (secondary N) is 1. The highest BCUT2D eigenvalue weighted by atomic mass is 32.1. The van der Waals surface area contributed by atoms with Crippen LogP contribution in [-0.4, -0.2) is 38.2 Å². The first-order valence-electron chi connectivity index (χ1n) is 9.08. The Labute approximate surface area is 154 Å². The van der Waals surface area contributed by atoms with Gasteiger partial charge in [-0.1, -0.05) is 36.6 Å². The summed E-state index contributed by atoms with van der Waals surface area (Å²) in [4.78, 5) is 14.8. The molecule has 134 valence electrons. The van der Waals surface area contributed by atoms with Crippen LogP contribution in [0.25, 0.3) is 11.4 Å². The molecule has 3 rings (SSSR count). The van der Waals surface area contributed by atoms with Gasteiger partial charge in [0.1, 0.15) is 0 Å². The maximum Gasteiger partial charge on any atom is 0.224 e. The van der Waals surface area contributed by atoms with Crippen molar-refractivity contribution in [1.29, 1.82) is 0 Å². The summed E-state index contributed by atoms with van der Waals surface area (Å²) in [6.07, 6.45) is 5.10. The number of benzene rings is 1. The van der Waals surface area contributed by atoms with Crippen molar-refractivity contribution in [3.8, 4) is 11.4 Å². The molecule has 25 heavy (non-hydrogen) atoms. The lowest BCUT2D eigenvalue weighted by atomic mass is 10.1. The number of amides is 1. The highest BCUT2D eigenvalue weighted by Crippen LogP contribution is 2.20. The van der Waals surface area contributed by atoms with E-state index in [1.165, 1.54) is 18.4 Å². The zero-order chi connectivity index (χ0) is 17.8. The van der Waals surface area contributed by atoms with Gasteiger partial charge in [-0.15, -0.1) is 0 Å². The minimum absolute atomic E-state index is 0.215. The average molecular weight is 359 g/mol. The van der Waals surface area contributed by atoms with E-state index in [2.05, 4.69) is 36.2 Å². The molecule has 1 atom stereocenters. The van der Waals surface area contributed by atoms with E-state index in [0.29, 0.717) is 23.8 Å².